The number of aryl methyl sites for hydroxylation is 1. The number of ether oxygens (including phenoxy) is 2. The first-order chi connectivity index (χ1) is 19.2. The highest BCUT2D eigenvalue weighted by molar-refractivity contribution is 5.95. The van der Waals surface area contributed by atoms with Gasteiger partial charge in [-0.15, -0.1) is 18.3 Å². The number of benzene rings is 2. The normalized spacial score (nSPS) is 13.5. The molecule has 0 saturated heterocycles. The number of fused-ring (bicyclic) bond motifs is 1. The van der Waals surface area contributed by atoms with Gasteiger partial charge in [0.2, 0.25) is 0 Å². The average molecular weight is 548 g/mol. The molecule has 0 radical (unpaired) electrons. The van der Waals surface area contributed by atoms with Gasteiger partial charge >= 0.3 is 6.36 Å². The van der Waals surface area contributed by atoms with Crippen LogP contribution in [-0.4, -0.2) is 42.1 Å². The molecule has 0 bridgehead atoms. The summed E-state index contributed by atoms with van der Waals surface area (Å²) in [4.78, 5) is 4.90. The lowest BCUT2D eigenvalue weighted by atomic mass is 10.0. The molecule has 6 rings (SSSR count). The lowest BCUT2D eigenvalue weighted by molar-refractivity contribution is -0.274. The molecule has 1 saturated carbocycles. The Bertz CT molecular complexity index is 1790. The van der Waals surface area contributed by atoms with Crippen molar-refractivity contribution in [2.45, 2.75) is 32.0 Å². The minimum absolute atomic E-state index is 0.0545. The van der Waals surface area contributed by atoms with Gasteiger partial charge in [-0.2, -0.15) is 10.4 Å². The average Bonchev–Trinajstić information content (AvgIpc) is 3.38. The molecule has 0 spiro atoms. The Morgan fingerprint density at radius 2 is 1.88 bits per heavy atom. The zero-order chi connectivity index (χ0) is 28.2. The van der Waals surface area contributed by atoms with Crippen molar-refractivity contribution in [3.8, 4) is 46.0 Å². The molecule has 1 fully saturated rings. The van der Waals surface area contributed by atoms with Gasteiger partial charge in [0.1, 0.15) is 17.3 Å². The molecule has 0 unspecified atom stereocenters. The van der Waals surface area contributed by atoms with Crippen LogP contribution in [0.25, 0.3) is 39.2 Å². The monoisotopic (exact) mass is 547 g/mol. The summed E-state index contributed by atoms with van der Waals surface area (Å²) in [7, 11) is 3.60. The second kappa shape index (κ2) is 9.44. The molecule has 0 N–H and O–H groups in total. The van der Waals surface area contributed by atoms with Crippen molar-refractivity contribution >= 4 is 10.9 Å². The van der Waals surface area contributed by atoms with E-state index in [1.165, 1.54) is 12.1 Å². The molecular formula is C28H24F3N7O2. The first kappa shape index (κ1) is 25.5. The van der Waals surface area contributed by atoms with Gasteiger partial charge in [0.25, 0.3) is 5.88 Å². The lowest BCUT2D eigenvalue weighted by Crippen LogP contribution is -2.18. The van der Waals surface area contributed by atoms with E-state index < -0.39 is 12.1 Å². The summed E-state index contributed by atoms with van der Waals surface area (Å²) >= 11 is 0. The van der Waals surface area contributed by atoms with Crippen LogP contribution >= 0.6 is 0 Å². The summed E-state index contributed by atoms with van der Waals surface area (Å²) < 4.78 is 55.1. The van der Waals surface area contributed by atoms with E-state index in [0.717, 1.165) is 41.1 Å². The van der Waals surface area contributed by atoms with Crippen LogP contribution in [0.5, 0.6) is 11.6 Å². The molecule has 40 heavy (non-hydrogen) atoms. The summed E-state index contributed by atoms with van der Waals surface area (Å²) in [5.41, 5.74) is 4.00. The first-order valence-corrected chi connectivity index (χ1v) is 12.7. The number of hydrogen-bond donors (Lipinski definition) is 0. The van der Waals surface area contributed by atoms with Crippen molar-refractivity contribution in [3.05, 3.63) is 60.0 Å². The van der Waals surface area contributed by atoms with Gasteiger partial charge in [-0.3, -0.25) is 4.68 Å². The molecule has 12 heteroatoms. The van der Waals surface area contributed by atoms with Crippen LogP contribution in [0.4, 0.5) is 13.2 Å². The van der Waals surface area contributed by atoms with Crippen LogP contribution in [0.15, 0.2) is 48.8 Å². The first-order valence-electron chi connectivity index (χ1n) is 12.7. The van der Waals surface area contributed by atoms with E-state index in [0.29, 0.717) is 29.7 Å². The Hall–Kier alpha value is -4.79. The second-order valence-electron chi connectivity index (χ2n) is 9.61. The SMILES string of the molecule is CCOc1nn(C)cc1-n1cc2c(-c3nc(-c4ccc(C#N)cc4OC(F)(F)F)n(C)c3C3CC3)cccc2n1. The summed E-state index contributed by atoms with van der Waals surface area (Å²) in [5.74, 6) is 0.520. The van der Waals surface area contributed by atoms with Crippen LogP contribution in [0.1, 0.15) is 36.9 Å². The Kier molecular flexibility index (Phi) is 6.02. The van der Waals surface area contributed by atoms with E-state index in [9.17, 15) is 18.4 Å². The molecule has 2 aromatic carbocycles. The highest BCUT2D eigenvalue weighted by Crippen LogP contribution is 2.47. The second-order valence-corrected chi connectivity index (χ2v) is 9.61. The van der Waals surface area contributed by atoms with Crippen molar-refractivity contribution < 1.29 is 22.6 Å². The van der Waals surface area contributed by atoms with E-state index in [-0.39, 0.29) is 17.0 Å². The summed E-state index contributed by atoms with van der Waals surface area (Å²) in [5, 5.41) is 19.2. The van der Waals surface area contributed by atoms with Gasteiger partial charge in [0, 0.05) is 42.9 Å². The molecule has 1 aliphatic carbocycles. The van der Waals surface area contributed by atoms with Crippen LogP contribution in [-0.2, 0) is 14.1 Å². The molecular weight excluding hydrogens is 523 g/mol. The molecule has 5 aromatic rings. The summed E-state index contributed by atoms with van der Waals surface area (Å²) in [6, 6.07) is 11.6. The van der Waals surface area contributed by atoms with Crippen molar-refractivity contribution in [1.82, 2.24) is 29.1 Å². The van der Waals surface area contributed by atoms with Crippen LogP contribution < -0.4 is 9.47 Å². The maximum absolute atomic E-state index is 13.3. The molecule has 0 amide bonds. The molecule has 0 aliphatic heterocycles. The fraction of sp³-hybridized carbons (Fsp3) is 0.286. The van der Waals surface area contributed by atoms with Crippen molar-refractivity contribution in [2.75, 3.05) is 6.61 Å². The smallest absolute Gasteiger partial charge is 0.475 e. The fourth-order valence-corrected chi connectivity index (χ4v) is 4.99. The zero-order valence-electron chi connectivity index (χ0n) is 21.9. The van der Waals surface area contributed by atoms with Gasteiger partial charge in [0.15, 0.2) is 0 Å². The number of hydrogen-bond acceptors (Lipinski definition) is 6. The number of aromatic nitrogens is 6. The van der Waals surface area contributed by atoms with E-state index in [4.69, 9.17) is 14.8 Å². The molecule has 3 heterocycles. The highest BCUT2D eigenvalue weighted by Gasteiger charge is 2.35. The molecule has 204 valence electrons. The van der Waals surface area contributed by atoms with E-state index >= 15 is 0 Å². The van der Waals surface area contributed by atoms with Crippen LogP contribution in [0.2, 0.25) is 0 Å². The van der Waals surface area contributed by atoms with Crippen molar-refractivity contribution in [2.24, 2.45) is 14.1 Å². The number of rotatable bonds is 7. The fourth-order valence-electron chi connectivity index (χ4n) is 4.99. The zero-order valence-corrected chi connectivity index (χ0v) is 21.9. The third kappa shape index (κ3) is 4.53. The maximum Gasteiger partial charge on any atom is 0.573 e. The Labute approximate surface area is 227 Å². The number of imidazole rings is 1. The molecule has 1 aliphatic rings. The molecule has 0 atom stereocenters. The Morgan fingerprint density at radius 3 is 2.58 bits per heavy atom. The Morgan fingerprint density at radius 1 is 1.07 bits per heavy atom. The summed E-state index contributed by atoms with van der Waals surface area (Å²) in [6.07, 6.45) is 0.679. The highest BCUT2D eigenvalue weighted by atomic mass is 19.4. The Balaban J connectivity index is 1.52. The van der Waals surface area contributed by atoms with Crippen LogP contribution in [0.3, 0.4) is 0 Å². The predicted molar refractivity (Wildman–Crippen MR) is 140 cm³/mol. The van der Waals surface area contributed by atoms with E-state index in [2.05, 4.69) is 9.84 Å². The molecule has 9 nitrogen and oxygen atoms in total. The minimum Gasteiger partial charge on any atom is -0.475 e. The topological polar surface area (TPSA) is 95.7 Å². The number of halogens is 3. The number of nitriles is 1. The van der Waals surface area contributed by atoms with Crippen molar-refractivity contribution in [1.29, 1.82) is 5.26 Å². The molecule has 3 aromatic heterocycles. The maximum atomic E-state index is 13.3. The minimum atomic E-state index is -4.93. The third-order valence-corrected chi connectivity index (χ3v) is 6.79. The van der Waals surface area contributed by atoms with E-state index in [1.807, 2.05) is 48.2 Å². The van der Waals surface area contributed by atoms with Gasteiger partial charge in [-0.1, -0.05) is 12.1 Å². The number of nitrogens with zero attached hydrogens (tertiary/aromatic N) is 7. The van der Waals surface area contributed by atoms with Crippen molar-refractivity contribution in [3.63, 3.8) is 0 Å². The largest absolute Gasteiger partial charge is 0.573 e. The third-order valence-electron chi connectivity index (χ3n) is 6.79. The van der Waals surface area contributed by atoms with Gasteiger partial charge in [0.05, 0.1) is 41.2 Å². The summed E-state index contributed by atoms with van der Waals surface area (Å²) in [6.45, 7) is 2.33. The van der Waals surface area contributed by atoms with Gasteiger partial charge in [-0.05, 0) is 44.0 Å². The quantitative estimate of drug-likeness (QED) is 0.253. The standard InChI is InChI=1S/C28H24F3N7O2/c1-4-39-27-22(15-36(2)35-27)38-14-20-18(6-5-7-21(20)34-38)24-25(17-9-10-17)37(3)26(33-24)19-11-8-16(13-32)12-23(19)40-28(29,30)31/h5-8,11-12,14-15,17H,4,9-10H2,1-3H3. The number of alkyl halides is 3. The van der Waals surface area contributed by atoms with Gasteiger partial charge < -0.3 is 14.0 Å². The van der Waals surface area contributed by atoms with Crippen LogP contribution in [0, 0.1) is 11.3 Å². The van der Waals surface area contributed by atoms with E-state index in [1.54, 1.807) is 23.5 Å². The van der Waals surface area contributed by atoms with Gasteiger partial charge in [-0.25, -0.2) is 9.67 Å². The predicted octanol–water partition coefficient (Wildman–Crippen LogP) is 5.87. The lowest BCUT2D eigenvalue weighted by Gasteiger charge is -2.14.